The molecular formula is C18H23N3O3. The number of nitrogens with zero attached hydrogens (tertiary/aromatic N) is 2. The van der Waals surface area contributed by atoms with Crippen molar-refractivity contribution in [3.8, 4) is 11.5 Å². The first-order chi connectivity index (χ1) is 11.6. The highest BCUT2D eigenvalue weighted by Crippen LogP contribution is 2.34. The number of aromatic nitrogens is 2. The van der Waals surface area contributed by atoms with Crippen LogP contribution < -0.4 is 14.8 Å². The number of amides is 1. The number of hydrogen-bond donors (Lipinski definition) is 1. The molecule has 128 valence electrons. The van der Waals surface area contributed by atoms with Crippen LogP contribution in [0.4, 0.5) is 0 Å². The maximum Gasteiger partial charge on any atom is 0.222 e. The second-order valence-corrected chi connectivity index (χ2v) is 6.21. The van der Waals surface area contributed by atoms with Gasteiger partial charge in [0.15, 0.2) is 11.5 Å². The zero-order valence-corrected chi connectivity index (χ0v) is 14.1. The van der Waals surface area contributed by atoms with Crippen LogP contribution in [0.1, 0.15) is 31.9 Å². The lowest BCUT2D eigenvalue weighted by molar-refractivity contribution is -0.122. The van der Waals surface area contributed by atoms with E-state index in [1.165, 1.54) is 0 Å². The standard InChI is InChI=1S/C18H23N3O3/c1-13(2)18(20-17(22)6-9-21-8-3-7-19-21)14-4-5-15-16(12-14)24-11-10-23-15/h3-5,7-8,12-13,18H,6,9-11H2,1-2H3,(H,20,22). The summed E-state index contributed by atoms with van der Waals surface area (Å²) < 4.78 is 13.0. The molecule has 1 unspecified atom stereocenters. The average Bonchev–Trinajstić information content (AvgIpc) is 3.10. The van der Waals surface area contributed by atoms with E-state index < -0.39 is 0 Å². The van der Waals surface area contributed by atoms with E-state index in [1.54, 1.807) is 10.9 Å². The Bertz CT molecular complexity index is 683. The van der Waals surface area contributed by atoms with Crippen molar-refractivity contribution in [1.29, 1.82) is 0 Å². The van der Waals surface area contributed by atoms with E-state index in [2.05, 4.69) is 24.3 Å². The fourth-order valence-corrected chi connectivity index (χ4v) is 2.78. The van der Waals surface area contributed by atoms with Gasteiger partial charge in [0.1, 0.15) is 13.2 Å². The SMILES string of the molecule is CC(C)C(NC(=O)CCn1cccn1)c1ccc2c(c1)OCCO2. The normalized spacial score (nSPS) is 14.5. The second-order valence-electron chi connectivity index (χ2n) is 6.21. The fourth-order valence-electron chi connectivity index (χ4n) is 2.78. The molecule has 24 heavy (non-hydrogen) atoms. The van der Waals surface area contributed by atoms with Crippen molar-refractivity contribution in [2.75, 3.05) is 13.2 Å². The van der Waals surface area contributed by atoms with Crippen molar-refractivity contribution in [2.45, 2.75) is 32.9 Å². The maximum absolute atomic E-state index is 12.3. The zero-order chi connectivity index (χ0) is 16.9. The number of hydrogen-bond acceptors (Lipinski definition) is 4. The van der Waals surface area contributed by atoms with Gasteiger partial charge in [-0.3, -0.25) is 9.48 Å². The molecule has 0 saturated heterocycles. The lowest BCUT2D eigenvalue weighted by Gasteiger charge is -2.25. The van der Waals surface area contributed by atoms with Gasteiger partial charge in [-0.15, -0.1) is 0 Å². The number of ether oxygens (including phenoxy) is 2. The zero-order valence-electron chi connectivity index (χ0n) is 14.1. The summed E-state index contributed by atoms with van der Waals surface area (Å²) >= 11 is 0. The number of benzene rings is 1. The molecule has 1 aromatic carbocycles. The molecule has 1 aromatic heterocycles. The predicted octanol–water partition coefficient (Wildman–Crippen LogP) is 2.56. The van der Waals surface area contributed by atoms with Crippen LogP contribution >= 0.6 is 0 Å². The molecule has 6 nitrogen and oxygen atoms in total. The van der Waals surface area contributed by atoms with Gasteiger partial charge in [0, 0.05) is 25.4 Å². The van der Waals surface area contributed by atoms with Crippen LogP contribution in [-0.4, -0.2) is 28.9 Å². The van der Waals surface area contributed by atoms with Crippen LogP contribution in [0.5, 0.6) is 11.5 Å². The van der Waals surface area contributed by atoms with Gasteiger partial charge >= 0.3 is 0 Å². The first kappa shape index (κ1) is 16.4. The minimum absolute atomic E-state index is 0.0130. The smallest absolute Gasteiger partial charge is 0.222 e. The Morgan fingerprint density at radius 3 is 2.79 bits per heavy atom. The maximum atomic E-state index is 12.3. The van der Waals surface area contributed by atoms with E-state index in [0.29, 0.717) is 26.2 Å². The first-order valence-electron chi connectivity index (χ1n) is 8.30. The molecule has 0 spiro atoms. The Balaban J connectivity index is 1.67. The predicted molar refractivity (Wildman–Crippen MR) is 90.0 cm³/mol. The van der Waals surface area contributed by atoms with Crippen LogP contribution in [-0.2, 0) is 11.3 Å². The third-order valence-electron chi connectivity index (χ3n) is 4.04. The molecule has 0 bridgehead atoms. The van der Waals surface area contributed by atoms with Gasteiger partial charge in [0.2, 0.25) is 5.91 Å². The second kappa shape index (κ2) is 7.38. The summed E-state index contributed by atoms with van der Waals surface area (Å²) in [4.78, 5) is 12.3. The van der Waals surface area contributed by atoms with Crippen molar-refractivity contribution in [3.05, 3.63) is 42.2 Å². The molecule has 1 atom stereocenters. The summed E-state index contributed by atoms with van der Waals surface area (Å²) in [5.74, 6) is 1.79. The molecule has 1 amide bonds. The van der Waals surface area contributed by atoms with Crippen molar-refractivity contribution in [1.82, 2.24) is 15.1 Å². The van der Waals surface area contributed by atoms with Crippen molar-refractivity contribution >= 4 is 5.91 Å². The van der Waals surface area contributed by atoms with Gasteiger partial charge in [0.25, 0.3) is 0 Å². The van der Waals surface area contributed by atoms with Crippen LogP contribution in [0.2, 0.25) is 0 Å². The van der Waals surface area contributed by atoms with E-state index in [0.717, 1.165) is 17.1 Å². The van der Waals surface area contributed by atoms with Gasteiger partial charge < -0.3 is 14.8 Å². The van der Waals surface area contributed by atoms with Crippen LogP contribution in [0, 0.1) is 5.92 Å². The molecule has 0 aliphatic carbocycles. The summed E-state index contributed by atoms with van der Waals surface area (Å²) in [6.07, 6.45) is 3.97. The minimum Gasteiger partial charge on any atom is -0.486 e. The van der Waals surface area contributed by atoms with Crippen LogP contribution in [0.25, 0.3) is 0 Å². The Morgan fingerprint density at radius 1 is 1.29 bits per heavy atom. The molecule has 2 aromatic rings. The van der Waals surface area contributed by atoms with Gasteiger partial charge in [-0.1, -0.05) is 19.9 Å². The van der Waals surface area contributed by atoms with E-state index in [4.69, 9.17) is 9.47 Å². The van der Waals surface area contributed by atoms with Gasteiger partial charge in [0.05, 0.1) is 6.04 Å². The van der Waals surface area contributed by atoms with Gasteiger partial charge in [-0.2, -0.15) is 5.10 Å². The number of fused-ring (bicyclic) bond motifs is 1. The largest absolute Gasteiger partial charge is 0.486 e. The van der Waals surface area contributed by atoms with E-state index in [-0.39, 0.29) is 17.9 Å². The molecule has 1 aliphatic rings. The summed E-state index contributed by atoms with van der Waals surface area (Å²) in [6, 6.07) is 7.66. The van der Waals surface area contributed by atoms with Gasteiger partial charge in [-0.05, 0) is 29.7 Å². The molecule has 0 fully saturated rings. The van der Waals surface area contributed by atoms with E-state index in [9.17, 15) is 4.79 Å². The Labute approximate surface area is 141 Å². The summed E-state index contributed by atoms with van der Waals surface area (Å²) in [5.41, 5.74) is 1.03. The molecule has 2 heterocycles. The minimum atomic E-state index is -0.0639. The Morgan fingerprint density at radius 2 is 2.08 bits per heavy atom. The molecule has 6 heteroatoms. The highest BCUT2D eigenvalue weighted by Gasteiger charge is 2.21. The molecule has 1 N–H and O–H groups in total. The molecule has 1 aliphatic heterocycles. The molecule has 3 rings (SSSR count). The summed E-state index contributed by atoms with van der Waals surface area (Å²) in [7, 11) is 0. The fraction of sp³-hybridized carbons (Fsp3) is 0.444. The highest BCUT2D eigenvalue weighted by molar-refractivity contribution is 5.76. The van der Waals surface area contributed by atoms with Crippen LogP contribution in [0.3, 0.4) is 0 Å². The molecule has 0 radical (unpaired) electrons. The van der Waals surface area contributed by atoms with E-state index >= 15 is 0 Å². The monoisotopic (exact) mass is 329 g/mol. The first-order valence-corrected chi connectivity index (χ1v) is 8.30. The molecule has 0 saturated carbocycles. The van der Waals surface area contributed by atoms with Crippen molar-refractivity contribution < 1.29 is 14.3 Å². The Kier molecular flexibility index (Phi) is 5.03. The number of rotatable bonds is 6. The number of aryl methyl sites for hydroxylation is 1. The third kappa shape index (κ3) is 3.88. The van der Waals surface area contributed by atoms with E-state index in [1.807, 2.05) is 30.5 Å². The van der Waals surface area contributed by atoms with Gasteiger partial charge in [-0.25, -0.2) is 0 Å². The molecular weight excluding hydrogens is 306 g/mol. The lowest BCUT2D eigenvalue weighted by Crippen LogP contribution is -2.32. The number of carbonyl (C=O) groups excluding carboxylic acids is 1. The van der Waals surface area contributed by atoms with Crippen molar-refractivity contribution in [3.63, 3.8) is 0 Å². The third-order valence-corrected chi connectivity index (χ3v) is 4.04. The van der Waals surface area contributed by atoms with Crippen molar-refractivity contribution in [2.24, 2.45) is 5.92 Å². The highest BCUT2D eigenvalue weighted by atomic mass is 16.6. The lowest BCUT2D eigenvalue weighted by atomic mass is 9.95. The average molecular weight is 329 g/mol. The number of carbonyl (C=O) groups is 1. The quantitative estimate of drug-likeness (QED) is 0.884. The topological polar surface area (TPSA) is 65.4 Å². The number of nitrogens with one attached hydrogen (secondary N) is 1. The van der Waals surface area contributed by atoms with Crippen LogP contribution in [0.15, 0.2) is 36.7 Å². The Hall–Kier alpha value is -2.50. The summed E-state index contributed by atoms with van der Waals surface area (Å²) in [5, 5.41) is 7.24. The summed E-state index contributed by atoms with van der Waals surface area (Å²) in [6.45, 7) is 5.89.